The van der Waals surface area contributed by atoms with Crippen LogP contribution in [0.3, 0.4) is 0 Å². The molecule has 0 unspecified atom stereocenters. The standard InChI is InChI=1S/C8H10ClF9Si.C3H8Cl2Si/c1-19(2,9)4-3-5(10,11)6(12,13)7(14,15)8(16,17)18;1-6(2,5)3-4/h3-4H2,1-2H3;3H2,1-2H3. The van der Waals surface area contributed by atoms with Crippen molar-refractivity contribution < 1.29 is 39.5 Å². The van der Waals surface area contributed by atoms with E-state index < -0.39 is 51.2 Å². The summed E-state index contributed by atoms with van der Waals surface area (Å²) in [6, 6.07) is -0.731. The first kappa shape index (κ1) is 27.9. The van der Waals surface area contributed by atoms with Crippen molar-refractivity contribution in [2.75, 3.05) is 5.50 Å². The Morgan fingerprint density at radius 3 is 1.20 bits per heavy atom. The quantitative estimate of drug-likeness (QED) is 0.159. The van der Waals surface area contributed by atoms with Gasteiger partial charge in [-0.3, -0.25) is 0 Å². The van der Waals surface area contributed by atoms with Gasteiger partial charge in [0.05, 0.1) is 0 Å². The van der Waals surface area contributed by atoms with Crippen molar-refractivity contribution in [1.82, 2.24) is 0 Å². The smallest absolute Gasteiger partial charge is 0.200 e. The minimum absolute atomic E-state index is 0.647. The molecule has 25 heavy (non-hydrogen) atoms. The van der Waals surface area contributed by atoms with E-state index in [-0.39, 0.29) is 0 Å². The van der Waals surface area contributed by atoms with Gasteiger partial charge >= 0.3 is 23.9 Å². The van der Waals surface area contributed by atoms with Crippen molar-refractivity contribution in [1.29, 1.82) is 0 Å². The summed E-state index contributed by atoms with van der Waals surface area (Å²) in [6.45, 7) is 6.57. The Bertz CT molecular complexity index is 414. The summed E-state index contributed by atoms with van der Waals surface area (Å²) in [4.78, 5) is 0. The van der Waals surface area contributed by atoms with Crippen molar-refractivity contribution in [3.8, 4) is 0 Å². The molecule has 0 aliphatic heterocycles. The van der Waals surface area contributed by atoms with Gasteiger partial charge in [0.1, 0.15) is 0 Å². The SMILES string of the molecule is C[Si](C)(Cl)CCC(F)(F)C(F)(F)C(F)(F)C(F)(F)F.C[Si](C)(Cl)CCl. The van der Waals surface area contributed by atoms with Crippen LogP contribution in [0.1, 0.15) is 6.42 Å². The lowest BCUT2D eigenvalue weighted by molar-refractivity contribution is -0.396. The maximum absolute atomic E-state index is 13.0. The number of hydrogen-bond acceptors (Lipinski definition) is 0. The average Bonchev–Trinajstić information content (AvgIpc) is 2.34. The van der Waals surface area contributed by atoms with Gasteiger partial charge in [-0.25, -0.2) is 0 Å². The second kappa shape index (κ2) is 8.79. The van der Waals surface area contributed by atoms with Crippen LogP contribution in [0.15, 0.2) is 0 Å². The van der Waals surface area contributed by atoms with Crippen molar-refractivity contribution >= 4 is 48.5 Å². The van der Waals surface area contributed by atoms with E-state index in [1.54, 1.807) is 0 Å². The highest BCUT2D eigenvalue weighted by molar-refractivity contribution is 7.21. The zero-order valence-electron chi connectivity index (χ0n) is 13.7. The number of rotatable bonds is 6. The van der Waals surface area contributed by atoms with Crippen LogP contribution in [0.25, 0.3) is 0 Å². The summed E-state index contributed by atoms with van der Waals surface area (Å²) < 4.78 is 112. The second-order valence-corrected chi connectivity index (χ2v) is 21.0. The molecule has 0 aromatic carbocycles. The van der Waals surface area contributed by atoms with Gasteiger partial charge in [0.15, 0.2) is 14.8 Å². The summed E-state index contributed by atoms with van der Waals surface area (Å²) in [5.74, 6) is -18.9. The molecule has 0 aliphatic rings. The van der Waals surface area contributed by atoms with Gasteiger partial charge < -0.3 is 0 Å². The Morgan fingerprint density at radius 2 is 1.00 bits per heavy atom. The molecule has 0 rings (SSSR count). The van der Waals surface area contributed by atoms with Crippen molar-refractivity contribution in [3.05, 3.63) is 0 Å². The van der Waals surface area contributed by atoms with Gasteiger partial charge in [-0.1, -0.05) is 26.2 Å². The van der Waals surface area contributed by atoms with Crippen LogP contribution < -0.4 is 0 Å². The second-order valence-electron chi connectivity index (χ2n) is 6.42. The lowest BCUT2D eigenvalue weighted by Gasteiger charge is -2.34. The maximum Gasteiger partial charge on any atom is 0.460 e. The first-order chi connectivity index (χ1) is 10.5. The zero-order valence-corrected chi connectivity index (χ0v) is 17.9. The molecule has 0 bridgehead atoms. The van der Waals surface area contributed by atoms with Crippen LogP contribution in [0.5, 0.6) is 0 Å². The van der Waals surface area contributed by atoms with Gasteiger partial charge in [-0.05, 0) is 6.04 Å². The first-order valence-electron chi connectivity index (χ1n) is 6.66. The van der Waals surface area contributed by atoms with Gasteiger partial charge in [0.2, 0.25) is 0 Å². The average molecular weight is 484 g/mol. The van der Waals surface area contributed by atoms with E-state index in [1.807, 2.05) is 13.1 Å². The van der Waals surface area contributed by atoms with E-state index in [2.05, 4.69) is 0 Å². The van der Waals surface area contributed by atoms with E-state index >= 15 is 0 Å². The molecule has 0 radical (unpaired) electrons. The highest BCUT2D eigenvalue weighted by Gasteiger charge is 2.81. The summed E-state index contributed by atoms with van der Waals surface area (Å²) in [5, 5.41) is 0. The van der Waals surface area contributed by atoms with Crippen LogP contribution in [0.2, 0.25) is 32.2 Å². The Kier molecular flexibility index (Phi) is 9.80. The molecule has 0 amide bonds. The molecule has 0 fully saturated rings. The molecular formula is C11H18Cl3F9Si2. The minimum atomic E-state index is -6.82. The summed E-state index contributed by atoms with van der Waals surface area (Å²) >= 11 is 16.7. The van der Waals surface area contributed by atoms with Crippen molar-refractivity contribution in [2.45, 2.75) is 62.6 Å². The van der Waals surface area contributed by atoms with Crippen LogP contribution in [0, 0.1) is 0 Å². The Balaban J connectivity index is 0. The lowest BCUT2D eigenvalue weighted by Crippen LogP contribution is -2.61. The molecule has 0 aromatic heterocycles. The van der Waals surface area contributed by atoms with Crippen LogP contribution >= 0.6 is 33.8 Å². The number of alkyl halides is 10. The van der Waals surface area contributed by atoms with Crippen LogP contribution in [-0.4, -0.2) is 44.2 Å². The third kappa shape index (κ3) is 8.94. The molecule has 0 atom stereocenters. The monoisotopic (exact) mass is 482 g/mol. The highest BCUT2D eigenvalue weighted by Crippen LogP contribution is 2.54. The lowest BCUT2D eigenvalue weighted by atomic mass is 10.0. The summed E-state index contributed by atoms with van der Waals surface area (Å²) in [7, 11) is -4.21. The molecular weight excluding hydrogens is 466 g/mol. The van der Waals surface area contributed by atoms with Crippen molar-refractivity contribution in [3.63, 3.8) is 0 Å². The molecule has 154 valence electrons. The highest BCUT2D eigenvalue weighted by atomic mass is 35.6. The fourth-order valence-corrected chi connectivity index (χ4v) is 2.21. The molecule has 0 saturated heterocycles. The third-order valence-corrected chi connectivity index (χ3v) is 8.02. The van der Waals surface area contributed by atoms with Gasteiger partial charge in [-0.2, -0.15) is 61.7 Å². The molecule has 0 aromatic rings. The van der Waals surface area contributed by atoms with Gasteiger partial charge in [0, 0.05) is 11.9 Å². The van der Waals surface area contributed by atoms with E-state index in [9.17, 15) is 39.5 Å². The van der Waals surface area contributed by atoms with E-state index in [0.29, 0.717) is 5.50 Å². The molecule has 0 heterocycles. The molecule has 0 N–H and O–H groups in total. The summed E-state index contributed by atoms with van der Waals surface area (Å²) in [6.07, 6.45) is -8.61. The molecule has 0 saturated carbocycles. The maximum atomic E-state index is 13.0. The minimum Gasteiger partial charge on any atom is -0.200 e. The fraction of sp³-hybridized carbons (Fsp3) is 1.00. The third-order valence-electron chi connectivity index (χ3n) is 2.56. The fourth-order valence-electron chi connectivity index (χ4n) is 1.02. The van der Waals surface area contributed by atoms with E-state index in [1.165, 1.54) is 13.1 Å². The predicted molar refractivity (Wildman–Crippen MR) is 87.7 cm³/mol. The van der Waals surface area contributed by atoms with Crippen molar-refractivity contribution in [2.24, 2.45) is 0 Å². The molecule has 0 aliphatic carbocycles. The topological polar surface area (TPSA) is 0 Å². The van der Waals surface area contributed by atoms with E-state index in [0.717, 1.165) is 0 Å². The van der Waals surface area contributed by atoms with Gasteiger partial charge in [0.25, 0.3) is 0 Å². The Hall–Kier alpha value is 0.674. The number of hydrogen-bond donors (Lipinski definition) is 0. The normalized spacial score (nSPS) is 14.9. The Labute approximate surface area is 156 Å². The van der Waals surface area contributed by atoms with Gasteiger partial charge in [-0.15, -0.1) is 11.6 Å². The van der Waals surface area contributed by atoms with Crippen LogP contribution in [0.4, 0.5) is 39.5 Å². The number of halogens is 12. The van der Waals surface area contributed by atoms with E-state index in [4.69, 9.17) is 33.8 Å². The zero-order chi connectivity index (χ0) is 21.1. The summed E-state index contributed by atoms with van der Waals surface area (Å²) in [5.41, 5.74) is 0.647. The first-order valence-corrected chi connectivity index (χ1v) is 15.6. The molecule has 0 nitrogen and oxygen atoms in total. The largest absolute Gasteiger partial charge is 0.460 e. The Morgan fingerprint density at radius 1 is 0.680 bits per heavy atom. The van der Waals surface area contributed by atoms with Crippen LogP contribution in [-0.2, 0) is 0 Å². The molecule has 14 heteroatoms. The molecule has 0 spiro atoms. The predicted octanol–water partition coefficient (Wildman–Crippen LogP) is 7.50.